The highest BCUT2D eigenvalue weighted by molar-refractivity contribution is 14.0. The fourth-order valence-corrected chi connectivity index (χ4v) is 2.55. The van der Waals surface area contributed by atoms with E-state index < -0.39 is 0 Å². The summed E-state index contributed by atoms with van der Waals surface area (Å²) in [5, 5.41) is 3.49. The summed E-state index contributed by atoms with van der Waals surface area (Å²) >= 11 is 0. The van der Waals surface area contributed by atoms with E-state index >= 15 is 0 Å². The molecule has 5 nitrogen and oxygen atoms in total. The van der Waals surface area contributed by atoms with Gasteiger partial charge in [-0.2, -0.15) is 0 Å². The summed E-state index contributed by atoms with van der Waals surface area (Å²) in [5.74, 6) is 2.43. The van der Waals surface area contributed by atoms with Gasteiger partial charge in [-0.05, 0) is 24.1 Å². The lowest BCUT2D eigenvalue weighted by Crippen LogP contribution is -2.44. The van der Waals surface area contributed by atoms with Crippen LogP contribution in [0.25, 0.3) is 0 Å². The molecular weight excluding hydrogens is 429 g/mol. The minimum Gasteiger partial charge on any atom is -0.493 e. The van der Waals surface area contributed by atoms with Crippen molar-refractivity contribution in [2.75, 3.05) is 41.4 Å². The molecule has 6 heteroatoms. The number of nitrogens with one attached hydrogen (secondary N) is 1. The normalized spacial score (nSPS) is 11.6. The van der Waals surface area contributed by atoms with Gasteiger partial charge < -0.3 is 19.7 Å². The fourth-order valence-electron chi connectivity index (χ4n) is 2.55. The molecule has 0 heterocycles. The minimum atomic E-state index is -0.0684. The number of guanidine groups is 1. The number of halogens is 1. The summed E-state index contributed by atoms with van der Waals surface area (Å²) in [7, 11) is 7.22. The number of rotatable bonds is 8. The second-order valence-electron chi connectivity index (χ2n) is 6.63. The average Bonchev–Trinajstić information content (AvgIpc) is 2.59. The van der Waals surface area contributed by atoms with E-state index in [4.69, 9.17) is 9.47 Å². The van der Waals surface area contributed by atoms with Crippen LogP contribution in [0.15, 0.2) is 23.2 Å². The van der Waals surface area contributed by atoms with Crippen LogP contribution in [0, 0.1) is 0 Å². The fraction of sp³-hybridized carbons (Fsp3) is 0.632. The number of benzene rings is 1. The third kappa shape index (κ3) is 6.92. The Labute approximate surface area is 170 Å². The van der Waals surface area contributed by atoms with Crippen molar-refractivity contribution in [2.45, 2.75) is 39.0 Å². The molecule has 0 spiro atoms. The maximum absolute atomic E-state index is 5.42. The van der Waals surface area contributed by atoms with E-state index in [2.05, 4.69) is 49.1 Å². The van der Waals surface area contributed by atoms with E-state index in [1.165, 1.54) is 12.0 Å². The van der Waals surface area contributed by atoms with Crippen molar-refractivity contribution < 1.29 is 9.47 Å². The first kappa shape index (κ1) is 23.8. The van der Waals surface area contributed by atoms with Crippen molar-refractivity contribution in [3.05, 3.63) is 23.8 Å². The molecule has 0 bridgehead atoms. The van der Waals surface area contributed by atoms with E-state index in [9.17, 15) is 0 Å². The highest BCUT2D eigenvalue weighted by Gasteiger charge is 2.23. The largest absolute Gasteiger partial charge is 0.493 e. The van der Waals surface area contributed by atoms with Gasteiger partial charge in [-0.1, -0.05) is 33.3 Å². The Balaban J connectivity index is 0.00000576. The zero-order chi connectivity index (χ0) is 18.2. The summed E-state index contributed by atoms with van der Waals surface area (Å²) in [6.07, 6.45) is 2.34. The molecule has 0 aliphatic heterocycles. The topological polar surface area (TPSA) is 46.1 Å². The first-order valence-electron chi connectivity index (χ1n) is 8.53. The van der Waals surface area contributed by atoms with Gasteiger partial charge in [0.25, 0.3) is 0 Å². The second-order valence-corrected chi connectivity index (χ2v) is 6.63. The Bertz CT molecular complexity index is 547. The lowest BCUT2D eigenvalue weighted by molar-refractivity contribution is 0.353. The van der Waals surface area contributed by atoms with Gasteiger partial charge in [-0.3, -0.25) is 4.99 Å². The summed E-state index contributed by atoms with van der Waals surface area (Å²) in [5.41, 5.74) is 1.13. The minimum absolute atomic E-state index is 0. The molecule has 1 N–H and O–H groups in total. The van der Waals surface area contributed by atoms with E-state index in [0.717, 1.165) is 37.0 Å². The zero-order valence-corrected chi connectivity index (χ0v) is 19.0. The molecule has 0 aliphatic carbocycles. The van der Waals surface area contributed by atoms with E-state index in [0.29, 0.717) is 0 Å². The van der Waals surface area contributed by atoms with Gasteiger partial charge in [0.1, 0.15) is 0 Å². The van der Waals surface area contributed by atoms with Gasteiger partial charge in [0.2, 0.25) is 0 Å². The lowest BCUT2D eigenvalue weighted by atomic mass is 9.84. The lowest BCUT2D eigenvalue weighted by Gasteiger charge is -2.29. The van der Waals surface area contributed by atoms with Gasteiger partial charge in [-0.25, -0.2) is 0 Å². The van der Waals surface area contributed by atoms with Gasteiger partial charge in [-0.15, -0.1) is 24.0 Å². The number of methoxy groups -OCH3 is 2. The number of hydrogen-bond donors (Lipinski definition) is 1. The van der Waals surface area contributed by atoms with Crippen molar-refractivity contribution in [3.63, 3.8) is 0 Å². The first-order chi connectivity index (χ1) is 11.4. The number of nitrogens with zero attached hydrogens (tertiary/aromatic N) is 2. The Morgan fingerprint density at radius 3 is 2.36 bits per heavy atom. The highest BCUT2D eigenvalue weighted by atomic mass is 127. The van der Waals surface area contributed by atoms with Crippen LogP contribution in [-0.4, -0.2) is 52.3 Å². The molecule has 144 valence electrons. The van der Waals surface area contributed by atoms with Gasteiger partial charge in [0, 0.05) is 32.6 Å². The maximum atomic E-state index is 5.42. The monoisotopic (exact) mass is 463 g/mol. The van der Waals surface area contributed by atoms with E-state index in [-0.39, 0.29) is 29.4 Å². The summed E-state index contributed by atoms with van der Waals surface area (Å²) in [6.45, 7) is 8.41. The molecule has 1 rings (SSSR count). The molecule has 0 unspecified atom stereocenters. The molecule has 0 aromatic heterocycles. The van der Waals surface area contributed by atoms with E-state index in [1.807, 2.05) is 19.2 Å². The smallest absolute Gasteiger partial charge is 0.193 e. The SMILES string of the molecule is CCCCN(C)C(=NC)NCC(C)(C)c1ccc(OC)c(OC)c1.I. The third-order valence-electron chi connectivity index (χ3n) is 4.27. The molecule has 25 heavy (non-hydrogen) atoms. The highest BCUT2D eigenvalue weighted by Crippen LogP contribution is 2.32. The molecule has 1 aromatic rings. The van der Waals surface area contributed by atoms with Crippen LogP contribution in [0.5, 0.6) is 11.5 Å². The molecule has 0 atom stereocenters. The Morgan fingerprint density at radius 2 is 1.84 bits per heavy atom. The molecule has 0 saturated carbocycles. The Morgan fingerprint density at radius 1 is 1.20 bits per heavy atom. The number of aliphatic imine (C=N–C) groups is 1. The van der Waals surface area contributed by atoms with Crippen molar-refractivity contribution >= 4 is 29.9 Å². The Hall–Kier alpha value is -1.18. The van der Waals surface area contributed by atoms with Crippen LogP contribution >= 0.6 is 24.0 Å². The van der Waals surface area contributed by atoms with Crippen LogP contribution in [-0.2, 0) is 5.41 Å². The molecule has 0 amide bonds. The molecule has 0 fully saturated rings. The summed E-state index contributed by atoms with van der Waals surface area (Å²) in [6, 6.07) is 6.09. The van der Waals surface area contributed by atoms with Crippen LogP contribution in [0.1, 0.15) is 39.2 Å². The standard InChI is InChI=1S/C19H33N3O2.HI/c1-8-9-12-22(5)18(20-4)21-14-19(2,3)15-10-11-16(23-6)17(13-15)24-7;/h10-11,13H,8-9,12,14H2,1-7H3,(H,20,21);1H. The van der Waals surface area contributed by atoms with Crippen LogP contribution in [0.3, 0.4) is 0 Å². The predicted octanol–water partition coefficient (Wildman–Crippen LogP) is 3.91. The summed E-state index contributed by atoms with van der Waals surface area (Å²) in [4.78, 5) is 6.56. The molecule has 0 aliphatic rings. The molecular formula is C19H34IN3O2. The zero-order valence-electron chi connectivity index (χ0n) is 16.7. The van der Waals surface area contributed by atoms with Crippen LogP contribution < -0.4 is 14.8 Å². The van der Waals surface area contributed by atoms with Gasteiger partial charge in [0.05, 0.1) is 14.2 Å². The average molecular weight is 463 g/mol. The van der Waals surface area contributed by atoms with Crippen LogP contribution in [0.2, 0.25) is 0 Å². The van der Waals surface area contributed by atoms with Crippen molar-refractivity contribution in [3.8, 4) is 11.5 Å². The number of unbranched alkanes of at least 4 members (excludes halogenated alkanes) is 1. The molecule has 1 aromatic carbocycles. The van der Waals surface area contributed by atoms with Crippen molar-refractivity contribution in [1.82, 2.24) is 10.2 Å². The van der Waals surface area contributed by atoms with Crippen LogP contribution in [0.4, 0.5) is 0 Å². The van der Waals surface area contributed by atoms with Gasteiger partial charge in [0.15, 0.2) is 17.5 Å². The summed E-state index contributed by atoms with van der Waals surface area (Å²) < 4.78 is 10.7. The number of ether oxygens (including phenoxy) is 2. The van der Waals surface area contributed by atoms with E-state index in [1.54, 1.807) is 14.2 Å². The number of hydrogen-bond acceptors (Lipinski definition) is 3. The van der Waals surface area contributed by atoms with Gasteiger partial charge >= 0.3 is 0 Å². The third-order valence-corrected chi connectivity index (χ3v) is 4.27. The van der Waals surface area contributed by atoms with Crippen molar-refractivity contribution in [1.29, 1.82) is 0 Å². The maximum Gasteiger partial charge on any atom is 0.193 e. The van der Waals surface area contributed by atoms with Crippen molar-refractivity contribution in [2.24, 2.45) is 4.99 Å². The quantitative estimate of drug-likeness (QED) is 0.361. The molecule has 0 saturated heterocycles. The second kappa shape index (κ2) is 11.4. The molecule has 0 radical (unpaired) electrons. The first-order valence-corrected chi connectivity index (χ1v) is 8.53. The predicted molar refractivity (Wildman–Crippen MR) is 117 cm³/mol. The Kier molecular flexibility index (Phi) is 10.9.